The largest absolute Gasteiger partial charge is 0.490 e. The SMILES string of the molecule is Cc1cccc(OCCOC(=O)CCc2c(C)[nH]c(=O)c(C#N)c2C)c1. The normalized spacial score (nSPS) is 10.2. The van der Waals surface area contributed by atoms with Gasteiger partial charge in [0.1, 0.15) is 30.6 Å². The third kappa shape index (κ3) is 4.96. The zero-order valence-electron chi connectivity index (χ0n) is 15.2. The maximum atomic E-state index is 11.9. The lowest BCUT2D eigenvalue weighted by Crippen LogP contribution is -2.18. The van der Waals surface area contributed by atoms with Crippen LogP contribution >= 0.6 is 0 Å². The molecule has 0 spiro atoms. The fourth-order valence-electron chi connectivity index (χ4n) is 2.74. The van der Waals surface area contributed by atoms with Crippen LogP contribution < -0.4 is 10.3 Å². The van der Waals surface area contributed by atoms with Crippen molar-refractivity contribution in [3.05, 3.63) is 62.6 Å². The first-order valence-corrected chi connectivity index (χ1v) is 8.40. The number of pyridine rings is 1. The maximum Gasteiger partial charge on any atom is 0.306 e. The van der Waals surface area contributed by atoms with Crippen molar-refractivity contribution in [2.45, 2.75) is 33.6 Å². The van der Waals surface area contributed by atoms with Crippen molar-refractivity contribution in [2.75, 3.05) is 13.2 Å². The average Bonchev–Trinajstić information content (AvgIpc) is 2.58. The smallest absolute Gasteiger partial charge is 0.306 e. The number of nitrogens with one attached hydrogen (secondary N) is 1. The number of hydrogen-bond donors (Lipinski definition) is 1. The number of rotatable bonds is 7. The molecule has 1 N–H and O–H groups in total. The van der Waals surface area contributed by atoms with Gasteiger partial charge in [-0.25, -0.2) is 0 Å². The van der Waals surface area contributed by atoms with Gasteiger partial charge in [-0.05, 0) is 56.0 Å². The van der Waals surface area contributed by atoms with E-state index in [0.717, 1.165) is 16.9 Å². The molecule has 26 heavy (non-hydrogen) atoms. The summed E-state index contributed by atoms with van der Waals surface area (Å²) in [5.41, 5.74) is 2.87. The van der Waals surface area contributed by atoms with E-state index in [4.69, 9.17) is 14.7 Å². The predicted octanol–water partition coefficient (Wildman–Crippen LogP) is 2.73. The molecule has 6 nitrogen and oxygen atoms in total. The molecular weight excluding hydrogens is 332 g/mol. The maximum absolute atomic E-state index is 11.9. The van der Waals surface area contributed by atoms with Gasteiger partial charge < -0.3 is 14.5 Å². The van der Waals surface area contributed by atoms with Gasteiger partial charge in [-0.3, -0.25) is 9.59 Å². The van der Waals surface area contributed by atoms with Crippen LogP contribution in [-0.2, 0) is 16.0 Å². The molecule has 1 aromatic carbocycles. The predicted molar refractivity (Wildman–Crippen MR) is 97.2 cm³/mol. The quantitative estimate of drug-likeness (QED) is 0.610. The molecule has 0 saturated carbocycles. The zero-order valence-corrected chi connectivity index (χ0v) is 15.2. The Morgan fingerprint density at radius 1 is 1.23 bits per heavy atom. The van der Waals surface area contributed by atoms with E-state index in [9.17, 15) is 9.59 Å². The molecule has 2 rings (SSSR count). The standard InChI is InChI=1S/C20H22N2O4/c1-13-5-4-6-16(11-13)25-9-10-26-19(23)8-7-17-14(2)18(12-21)20(24)22-15(17)3/h4-6,11H,7-10H2,1-3H3,(H,22,24). The van der Waals surface area contributed by atoms with Crippen LogP contribution in [0.5, 0.6) is 5.75 Å². The lowest BCUT2D eigenvalue weighted by atomic mass is 9.99. The lowest BCUT2D eigenvalue weighted by Gasteiger charge is -2.11. The van der Waals surface area contributed by atoms with E-state index >= 15 is 0 Å². The summed E-state index contributed by atoms with van der Waals surface area (Å²) in [6.45, 7) is 5.90. The molecule has 2 aromatic rings. The van der Waals surface area contributed by atoms with Crippen molar-refractivity contribution in [2.24, 2.45) is 0 Å². The van der Waals surface area contributed by atoms with Crippen molar-refractivity contribution >= 4 is 5.97 Å². The highest BCUT2D eigenvalue weighted by molar-refractivity contribution is 5.69. The average molecular weight is 354 g/mol. The first-order valence-electron chi connectivity index (χ1n) is 8.40. The topological polar surface area (TPSA) is 92.2 Å². The van der Waals surface area contributed by atoms with Gasteiger partial charge in [0.25, 0.3) is 5.56 Å². The number of aromatic amines is 1. The number of hydrogen-bond acceptors (Lipinski definition) is 5. The fraction of sp³-hybridized carbons (Fsp3) is 0.350. The van der Waals surface area contributed by atoms with Crippen LogP contribution in [0, 0.1) is 32.1 Å². The molecule has 0 aliphatic rings. The monoisotopic (exact) mass is 354 g/mol. The molecule has 0 aliphatic heterocycles. The third-order valence-electron chi connectivity index (χ3n) is 4.10. The minimum absolute atomic E-state index is 0.0884. The Kier molecular flexibility index (Phi) is 6.56. The van der Waals surface area contributed by atoms with E-state index in [1.54, 1.807) is 13.8 Å². The Bertz CT molecular complexity index is 894. The second kappa shape index (κ2) is 8.86. The summed E-state index contributed by atoms with van der Waals surface area (Å²) in [7, 11) is 0. The summed E-state index contributed by atoms with van der Waals surface area (Å²) in [5, 5.41) is 9.07. The molecule has 1 aromatic heterocycles. The molecule has 0 fully saturated rings. The Balaban J connectivity index is 1.82. The van der Waals surface area contributed by atoms with Crippen LogP contribution in [0.3, 0.4) is 0 Å². The molecule has 1 heterocycles. The van der Waals surface area contributed by atoms with E-state index in [-0.39, 0.29) is 31.2 Å². The number of benzene rings is 1. The number of ether oxygens (including phenoxy) is 2. The van der Waals surface area contributed by atoms with E-state index in [2.05, 4.69) is 4.98 Å². The molecule has 0 radical (unpaired) electrons. The van der Waals surface area contributed by atoms with Gasteiger partial charge in [0.15, 0.2) is 0 Å². The summed E-state index contributed by atoms with van der Waals surface area (Å²) in [4.78, 5) is 26.3. The Hall–Kier alpha value is -3.07. The van der Waals surface area contributed by atoms with Crippen LogP contribution in [0.2, 0.25) is 0 Å². The molecule has 0 aliphatic carbocycles. The van der Waals surface area contributed by atoms with Gasteiger partial charge in [0, 0.05) is 12.1 Å². The summed E-state index contributed by atoms with van der Waals surface area (Å²) < 4.78 is 10.7. The molecule has 6 heteroatoms. The van der Waals surface area contributed by atoms with Crippen molar-refractivity contribution in [1.82, 2.24) is 4.98 Å². The van der Waals surface area contributed by atoms with E-state index in [0.29, 0.717) is 17.7 Å². The number of nitrogens with zero attached hydrogens (tertiary/aromatic N) is 1. The Morgan fingerprint density at radius 3 is 2.69 bits per heavy atom. The van der Waals surface area contributed by atoms with Gasteiger partial charge in [-0.1, -0.05) is 12.1 Å². The van der Waals surface area contributed by atoms with Gasteiger partial charge in [-0.15, -0.1) is 0 Å². The van der Waals surface area contributed by atoms with Crippen molar-refractivity contribution in [3.63, 3.8) is 0 Å². The summed E-state index contributed by atoms with van der Waals surface area (Å²) in [6.07, 6.45) is 0.573. The summed E-state index contributed by atoms with van der Waals surface area (Å²) in [6, 6.07) is 9.55. The van der Waals surface area contributed by atoms with E-state index in [1.165, 1.54) is 0 Å². The Labute approximate surface area is 152 Å². The molecule has 0 saturated heterocycles. The summed E-state index contributed by atoms with van der Waals surface area (Å²) in [5.74, 6) is 0.394. The molecule has 0 bridgehead atoms. The minimum atomic E-state index is -0.401. The van der Waals surface area contributed by atoms with E-state index < -0.39 is 5.56 Å². The lowest BCUT2D eigenvalue weighted by molar-refractivity contribution is -0.144. The number of esters is 1. The number of aryl methyl sites for hydroxylation is 2. The number of carbonyl (C=O) groups is 1. The molecule has 0 amide bonds. The zero-order chi connectivity index (χ0) is 19.1. The van der Waals surface area contributed by atoms with E-state index in [1.807, 2.05) is 37.3 Å². The fourth-order valence-corrected chi connectivity index (χ4v) is 2.74. The molecule has 0 atom stereocenters. The molecular formula is C20H22N2O4. The second-order valence-corrected chi connectivity index (χ2v) is 6.05. The molecule has 0 unspecified atom stereocenters. The highest BCUT2D eigenvalue weighted by atomic mass is 16.6. The van der Waals surface area contributed by atoms with Crippen LogP contribution in [0.4, 0.5) is 0 Å². The number of H-pyrrole nitrogens is 1. The van der Waals surface area contributed by atoms with Gasteiger partial charge in [-0.2, -0.15) is 5.26 Å². The number of carbonyl (C=O) groups excluding carboxylic acids is 1. The van der Waals surface area contributed by atoms with Crippen molar-refractivity contribution in [3.8, 4) is 11.8 Å². The second-order valence-electron chi connectivity index (χ2n) is 6.05. The number of aromatic nitrogens is 1. The van der Waals surface area contributed by atoms with Crippen molar-refractivity contribution < 1.29 is 14.3 Å². The van der Waals surface area contributed by atoms with Gasteiger partial charge in [0.05, 0.1) is 0 Å². The highest BCUT2D eigenvalue weighted by Gasteiger charge is 2.13. The first kappa shape index (κ1) is 19.3. The first-order chi connectivity index (χ1) is 12.4. The number of nitriles is 1. The van der Waals surface area contributed by atoms with Gasteiger partial charge in [0.2, 0.25) is 0 Å². The third-order valence-corrected chi connectivity index (χ3v) is 4.10. The van der Waals surface area contributed by atoms with Crippen LogP contribution in [0.15, 0.2) is 29.1 Å². The van der Waals surface area contributed by atoms with Crippen LogP contribution in [-0.4, -0.2) is 24.2 Å². The highest BCUT2D eigenvalue weighted by Crippen LogP contribution is 2.15. The van der Waals surface area contributed by atoms with Crippen LogP contribution in [0.1, 0.15) is 34.4 Å². The van der Waals surface area contributed by atoms with Crippen molar-refractivity contribution in [1.29, 1.82) is 5.26 Å². The molecule has 136 valence electrons. The summed E-state index contributed by atoms with van der Waals surface area (Å²) >= 11 is 0. The minimum Gasteiger partial charge on any atom is -0.490 e. The Morgan fingerprint density at radius 2 is 2.00 bits per heavy atom. The van der Waals surface area contributed by atoms with Gasteiger partial charge >= 0.3 is 5.97 Å². The van der Waals surface area contributed by atoms with Crippen LogP contribution in [0.25, 0.3) is 0 Å².